The summed E-state index contributed by atoms with van der Waals surface area (Å²) < 4.78 is 34.7. The van der Waals surface area contributed by atoms with Crippen LogP contribution in [0, 0.1) is 0 Å². The lowest BCUT2D eigenvalue weighted by molar-refractivity contribution is -0.160. The highest BCUT2D eigenvalue weighted by atomic mass is 19.1. The predicted octanol–water partition coefficient (Wildman–Crippen LogP) is 2.95. The van der Waals surface area contributed by atoms with E-state index in [-0.39, 0.29) is 43.4 Å². The molecule has 0 saturated carbocycles. The molecule has 0 radical (unpaired) electrons. The molecule has 1 fully saturated rings. The number of hydrogen-bond donors (Lipinski definition) is 2. The number of carbonyl (C=O) groups is 3. The molecule has 208 valence electrons. The molecule has 0 aliphatic carbocycles. The van der Waals surface area contributed by atoms with E-state index in [1.807, 2.05) is 6.07 Å². The lowest BCUT2D eigenvalue weighted by Crippen LogP contribution is -2.44. The van der Waals surface area contributed by atoms with Crippen LogP contribution < -0.4 is 10.6 Å². The van der Waals surface area contributed by atoms with Crippen molar-refractivity contribution in [3.63, 3.8) is 0 Å². The Morgan fingerprint density at radius 2 is 1.87 bits per heavy atom. The van der Waals surface area contributed by atoms with Crippen molar-refractivity contribution in [2.75, 3.05) is 24.3 Å². The number of halogens is 1. The first kappa shape index (κ1) is 27.9. The molecular formula is C26H31FN6O6. The van der Waals surface area contributed by atoms with Gasteiger partial charge in [-0.15, -0.1) is 0 Å². The van der Waals surface area contributed by atoms with Gasteiger partial charge in [0.05, 0.1) is 12.7 Å². The highest BCUT2D eigenvalue weighted by Crippen LogP contribution is 2.44. The fraction of sp³-hybridized carbons (Fsp3) is 0.462. The van der Waals surface area contributed by atoms with Crippen LogP contribution in [0.2, 0.25) is 0 Å². The molecule has 1 aliphatic heterocycles. The maximum Gasteiger partial charge on any atom is 0.310 e. The molecular weight excluding hydrogens is 511 g/mol. The standard InChI is InChI=1S/C26H31FN6O6/c1-5-17(34)30-25-31-22(28-4)20-23(32-25)33(14-29-20)24-26(3,27)21(39-18(35)6-2)16(38-24)13-37-19(36)12-15-10-8-7-9-11-15/h7-11,14,16,21,24H,5-6,12-13H2,1-4H3,(H2,28,30,31,32,34)/t16-,21-,24-,26-/m1/s1. The number of aromatic nitrogens is 4. The number of anilines is 2. The molecule has 1 aliphatic rings. The minimum absolute atomic E-state index is 0.000592. The number of nitrogens with one attached hydrogen (secondary N) is 2. The number of nitrogens with zero attached hydrogens (tertiary/aromatic N) is 4. The fourth-order valence-corrected chi connectivity index (χ4v) is 4.27. The average Bonchev–Trinajstić information content (AvgIpc) is 3.45. The van der Waals surface area contributed by atoms with Crippen molar-refractivity contribution < 1.29 is 33.0 Å². The highest BCUT2D eigenvalue weighted by Gasteiger charge is 2.58. The van der Waals surface area contributed by atoms with E-state index in [0.717, 1.165) is 5.56 Å². The summed E-state index contributed by atoms with van der Waals surface area (Å²) in [6.07, 6.45) is -2.28. The molecule has 2 aromatic heterocycles. The second-order valence-electron chi connectivity index (χ2n) is 9.16. The average molecular weight is 543 g/mol. The van der Waals surface area contributed by atoms with Gasteiger partial charge in [-0.25, -0.2) is 9.37 Å². The van der Waals surface area contributed by atoms with Crippen LogP contribution in [0.15, 0.2) is 36.7 Å². The van der Waals surface area contributed by atoms with Crippen molar-refractivity contribution in [1.82, 2.24) is 19.5 Å². The van der Waals surface area contributed by atoms with Gasteiger partial charge in [0, 0.05) is 19.9 Å². The van der Waals surface area contributed by atoms with Crippen LogP contribution in [0.1, 0.15) is 45.4 Å². The minimum Gasteiger partial charge on any atom is -0.463 e. The number of rotatable bonds is 10. The molecule has 0 unspecified atom stereocenters. The Labute approximate surface area is 224 Å². The maximum absolute atomic E-state index is 16.5. The number of imidazole rings is 1. The number of ether oxygens (including phenoxy) is 3. The number of fused-ring (bicyclic) bond motifs is 1. The largest absolute Gasteiger partial charge is 0.463 e. The molecule has 3 heterocycles. The molecule has 1 aromatic carbocycles. The monoisotopic (exact) mass is 542 g/mol. The number of carbonyl (C=O) groups excluding carboxylic acids is 3. The summed E-state index contributed by atoms with van der Waals surface area (Å²) in [5.74, 6) is -1.17. The first-order valence-corrected chi connectivity index (χ1v) is 12.6. The quantitative estimate of drug-likeness (QED) is 0.367. The number of hydrogen-bond acceptors (Lipinski definition) is 10. The smallest absolute Gasteiger partial charge is 0.310 e. The van der Waals surface area contributed by atoms with Crippen LogP contribution in [-0.2, 0) is 35.0 Å². The van der Waals surface area contributed by atoms with Crippen molar-refractivity contribution in [2.24, 2.45) is 0 Å². The van der Waals surface area contributed by atoms with Gasteiger partial charge in [-0.2, -0.15) is 9.97 Å². The van der Waals surface area contributed by atoms with Crippen molar-refractivity contribution in [2.45, 2.75) is 64.1 Å². The summed E-state index contributed by atoms with van der Waals surface area (Å²) >= 11 is 0. The molecule has 1 saturated heterocycles. The highest BCUT2D eigenvalue weighted by molar-refractivity contribution is 5.91. The van der Waals surface area contributed by atoms with E-state index in [9.17, 15) is 14.4 Å². The third-order valence-electron chi connectivity index (χ3n) is 6.31. The molecule has 13 heteroatoms. The summed E-state index contributed by atoms with van der Waals surface area (Å²) in [5, 5.41) is 5.48. The number of amides is 1. The molecule has 4 atom stereocenters. The topological polar surface area (TPSA) is 147 Å². The molecule has 0 spiro atoms. The lowest BCUT2D eigenvalue weighted by Gasteiger charge is -2.27. The zero-order chi connectivity index (χ0) is 28.2. The first-order chi connectivity index (χ1) is 18.7. The van der Waals surface area contributed by atoms with Crippen molar-refractivity contribution in [3.8, 4) is 0 Å². The third kappa shape index (κ3) is 5.98. The molecule has 4 rings (SSSR count). The predicted molar refractivity (Wildman–Crippen MR) is 138 cm³/mol. The minimum atomic E-state index is -2.27. The third-order valence-corrected chi connectivity index (χ3v) is 6.31. The molecule has 3 aromatic rings. The van der Waals surface area contributed by atoms with Gasteiger partial charge in [0.15, 0.2) is 35.0 Å². The van der Waals surface area contributed by atoms with Gasteiger partial charge in [-0.05, 0) is 12.5 Å². The number of benzene rings is 1. The van der Waals surface area contributed by atoms with Gasteiger partial charge in [0.25, 0.3) is 0 Å². The van der Waals surface area contributed by atoms with Crippen LogP contribution in [-0.4, -0.2) is 68.9 Å². The van der Waals surface area contributed by atoms with E-state index < -0.39 is 36.0 Å². The molecule has 2 N–H and O–H groups in total. The molecule has 1 amide bonds. The van der Waals surface area contributed by atoms with E-state index >= 15 is 4.39 Å². The van der Waals surface area contributed by atoms with Gasteiger partial charge in [0.1, 0.15) is 12.7 Å². The van der Waals surface area contributed by atoms with Crippen molar-refractivity contribution in [3.05, 3.63) is 42.2 Å². The summed E-state index contributed by atoms with van der Waals surface area (Å²) in [4.78, 5) is 49.6. The van der Waals surface area contributed by atoms with Crippen LogP contribution in [0.3, 0.4) is 0 Å². The van der Waals surface area contributed by atoms with Crippen LogP contribution >= 0.6 is 0 Å². The number of esters is 2. The van der Waals surface area contributed by atoms with E-state index in [0.29, 0.717) is 11.3 Å². The van der Waals surface area contributed by atoms with Gasteiger partial charge < -0.3 is 19.5 Å². The van der Waals surface area contributed by atoms with Crippen LogP contribution in [0.4, 0.5) is 16.2 Å². The van der Waals surface area contributed by atoms with Crippen LogP contribution in [0.5, 0.6) is 0 Å². The van der Waals surface area contributed by atoms with Gasteiger partial charge >= 0.3 is 11.9 Å². The Morgan fingerprint density at radius 1 is 1.13 bits per heavy atom. The van der Waals surface area contributed by atoms with Crippen LogP contribution in [0.25, 0.3) is 11.2 Å². The lowest BCUT2D eigenvalue weighted by atomic mass is 9.98. The van der Waals surface area contributed by atoms with E-state index in [1.165, 1.54) is 17.8 Å². The zero-order valence-electron chi connectivity index (χ0n) is 22.1. The molecule has 39 heavy (non-hydrogen) atoms. The van der Waals surface area contributed by atoms with Crippen molar-refractivity contribution >= 4 is 40.8 Å². The SMILES string of the molecule is CCC(=O)Nc1nc(NC)c2ncn([C@@H]3O[C@H](COC(=O)Cc4ccccc4)[C@@H](OC(=O)CC)[C@@]3(C)F)c2n1. The molecule has 0 bridgehead atoms. The summed E-state index contributed by atoms with van der Waals surface area (Å²) in [7, 11) is 1.62. The number of alkyl halides is 1. The Morgan fingerprint density at radius 3 is 2.54 bits per heavy atom. The zero-order valence-corrected chi connectivity index (χ0v) is 22.1. The maximum atomic E-state index is 16.5. The van der Waals surface area contributed by atoms with Crippen molar-refractivity contribution in [1.29, 1.82) is 0 Å². The van der Waals surface area contributed by atoms with E-state index in [4.69, 9.17) is 14.2 Å². The Kier molecular flexibility index (Phi) is 8.38. The Bertz CT molecular complexity index is 1350. The van der Waals surface area contributed by atoms with Gasteiger partial charge in [-0.1, -0.05) is 44.2 Å². The fourth-order valence-electron chi connectivity index (χ4n) is 4.27. The second-order valence-corrected chi connectivity index (χ2v) is 9.16. The molecule has 12 nitrogen and oxygen atoms in total. The van der Waals surface area contributed by atoms with E-state index in [1.54, 1.807) is 45.2 Å². The van der Waals surface area contributed by atoms with E-state index in [2.05, 4.69) is 25.6 Å². The Hall–Kier alpha value is -4.13. The normalized spacial score (nSPS) is 22.4. The summed E-state index contributed by atoms with van der Waals surface area (Å²) in [6.45, 7) is 4.17. The summed E-state index contributed by atoms with van der Waals surface area (Å²) in [5.41, 5.74) is -1.02. The second kappa shape index (κ2) is 11.7. The Balaban J connectivity index is 1.63. The first-order valence-electron chi connectivity index (χ1n) is 12.6. The van der Waals surface area contributed by atoms with Gasteiger partial charge in [0.2, 0.25) is 11.9 Å². The summed E-state index contributed by atoms with van der Waals surface area (Å²) in [6, 6.07) is 9.02. The van der Waals surface area contributed by atoms with Gasteiger partial charge in [-0.3, -0.25) is 24.3 Å².